The minimum atomic E-state index is -3.67. The second-order valence-electron chi connectivity index (χ2n) is 6.95. The molecule has 1 aromatic carbocycles. The first-order chi connectivity index (χ1) is 14.0. The van der Waals surface area contributed by atoms with Crippen molar-refractivity contribution in [1.82, 2.24) is 4.31 Å². The second kappa shape index (κ2) is 7.88. The molecule has 0 unspecified atom stereocenters. The molecule has 8 heteroatoms. The van der Waals surface area contributed by atoms with Gasteiger partial charge in [0.15, 0.2) is 5.76 Å². The van der Waals surface area contributed by atoms with Gasteiger partial charge in [0.2, 0.25) is 10.0 Å². The van der Waals surface area contributed by atoms with Gasteiger partial charge in [0, 0.05) is 24.8 Å². The Labute approximate surface area is 169 Å². The van der Waals surface area contributed by atoms with Crippen molar-refractivity contribution in [3.05, 3.63) is 72.1 Å². The molecule has 0 N–H and O–H groups in total. The van der Waals surface area contributed by atoms with Crippen LogP contribution in [0.1, 0.15) is 34.9 Å². The van der Waals surface area contributed by atoms with Crippen LogP contribution in [-0.4, -0.2) is 31.7 Å². The third kappa shape index (κ3) is 3.86. The van der Waals surface area contributed by atoms with Gasteiger partial charge in [-0.3, -0.25) is 9.69 Å². The summed E-state index contributed by atoms with van der Waals surface area (Å²) in [5.74, 6) is 0.371. The van der Waals surface area contributed by atoms with E-state index in [1.165, 1.54) is 15.3 Å². The van der Waals surface area contributed by atoms with Crippen molar-refractivity contribution in [2.45, 2.75) is 31.2 Å². The van der Waals surface area contributed by atoms with Crippen LogP contribution in [0.5, 0.6) is 0 Å². The van der Waals surface area contributed by atoms with Crippen molar-refractivity contribution < 1.29 is 22.0 Å². The van der Waals surface area contributed by atoms with E-state index < -0.39 is 15.9 Å². The van der Waals surface area contributed by atoms with Crippen LogP contribution < -0.4 is 4.90 Å². The van der Waals surface area contributed by atoms with E-state index in [2.05, 4.69) is 0 Å². The number of rotatable bonds is 6. The van der Waals surface area contributed by atoms with E-state index in [1.54, 1.807) is 37.5 Å². The smallest absolute Gasteiger partial charge is 0.294 e. The number of sulfonamides is 1. The Morgan fingerprint density at radius 3 is 2.48 bits per heavy atom. The third-order valence-corrected chi connectivity index (χ3v) is 6.98. The van der Waals surface area contributed by atoms with Gasteiger partial charge in [0.05, 0.1) is 12.8 Å². The van der Waals surface area contributed by atoms with E-state index in [0.717, 1.165) is 12.8 Å². The number of nitrogens with zero attached hydrogens (tertiary/aromatic N) is 2. The highest BCUT2D eigenvalue weighted by Crippen LogP contribution is 2.28. The minimum absolute atomic E-state index is 0.0179. The standard InChI is InChI=1S/C21H22N2O5S/c1-16-20(29(25,26)22-11-5-6-12-22)14-19(28-16)21(24)23(15-18-10-7-13-27-18)17-8-3-2-4-9-17/h2-4,7-10,13-14H,5-6,11-12,15H2,1H3. The van der Waals surface area contributed by atoms with Gasteiger partial charge in [-0.15, -0.1) is 0 Å². The summed E-state index contributed by atoms with van der Waals surface area (Å²) >= 11 is 0. The average Bonchev–Trinajstić information content (AvgIpc) is 3.48. The molecule has 0 radical (unpaired) electrons. The number of carbonyl (C=O) groups excluding carboxylic acids is 1. The molecule has 4 rings (SSSR count). The van der Waals surface area contributed by atoms with Crippen molar-refractivity contribution in [2.75, 3.05) is 18.0 Å². The summed E-state index contributed by atoms with van der Waals surface area (Å²) in [7, 11) is -3.67. The second-order valence-corrected chi connectivity index (χ2v) is 8.85. The Bertz CT molecular complexity index is 1080. The number of furan rings is 2. The Morgan fingerprint density at radius 2 is 1.83 bits per heavy atom. The lowest BCUT2D eigenvalue weighted by molar-refractivity contribution is 0.0955. The van der Waals surface area contributed by atoms with Crippen molar-refractivity contribution in [3.63, 3.8) is 0 Å². The van der Waals surface area contributed by atoms with Crippen molar-refractivity contribution in [1.29, 1.82) is 0 Å². The molecule has 0 saturated carbocycles. The van der Waals surface area contributed by atoms with Crippen molar-refractivity contribution in [3.8, 4) is 0 Å². The van der Waals surface area contributed by atoms with E-state index in [0.29, 0.717) is 24.5 Å². The monoisotopic (exact) mass is 414 g/mol. The first kappa shape index (κ1) is 19.5. The highest BCUT2D eigenvalue weighted by atomic mass is 32.2. The molecule has 1 amide bonds. The van der Waals surface area contributed by atoms with Gasteiger partial charge in [-0.25, -0.2) is 8.42 Å². The molecule has 1 fully saturated rings. The normalized spacial score (nSPS) is 14.9. The Kier molecular flexibility index (Phi) is 5.29. The summed E-state index contributed by atoms with van der Waals surface area (Å²) in [5.41, 5.74) is 0.659. The van der Waals surface area contributed by atoms with E-state index >= 15 is 0 Å². The van der Waals surface area contributed by atoms with Crippen LogP contribution in [0.4, 0.5) is 5.69 Å². The SMILES string of the molecule is Cc1oc(C(=O)N(Cc2ccco2)c2ccccc2)cc1S(=O)(=O)N1CCCC1. The van der Waals surface area contributed by atoms with Crippen LogP contribution in [0.3, 0.4) is 0 Å². The first-order valence-electron chi connectivity index (χ1n) is 9.47. The van der Waals surface area contributed by atoms with E-state index in [4.69, 9.17) is 8.83 Å². The maximum absolute atomic E-state index is 13.3. The van der Waals surface area contributed by atoms with Crippen LogP contribution in [0, 0.1) is 6.92 Å². The first-order valence-corrected chi connectivity index (χ1v) is 10.9. The van der Waals surface area contributed by atoms with Crippen LogP contribution in [0.2, 0.25) is 0 Å². The van der Waals surface area contributed by atoms with Gasteiger partial charge >= 0.3 is 0 Å². The fraction of sp³-hybridized carbons (Fsp3) is 0.286. The highest BCUT2D eigenvalue weighted by molar-refractivity contribution is 7.89. The fourth-order valence-electron chi connectivity index (χ4n) is 3.47. The molecule has 3 aromatic rings. The maximum atomic E-state index is 13.3. The summed E-state index contributed by atoms with van der Waals surface area (Å²) in [6.45, 7) is 2.75. The zero-order valence-electron chi connectivity index (χ0n) is 16.1. The topological polar surface area (TPSA) is 84.0 Å². The number of hydrogen-bond acceptors (Lipinski definition) is 5. The number of amides is 1. The van der Waals surface area contributed by atoms with Crippen molar-refractivity contribution in [2.24, 2.45) is 0 Å². The van der Waals surface area contributed by atoms with E-state index in [1.807, 2.05) is 18.2 Å². The van der Waals surface area contributed by atoms with Crippen molar-refractivity contribution >= 4 is 21.6 Å². The molecular formula is C21H22N2O5S. The predicted octanol–water partition coefficient (Wildman–Crippen LogP) is 3.81. The van der Waals surface area contributed by atoms with Crippen LogP contribution in [0.15, 0.2) is 68.5 Å². The summed E-state index contributed by atoms with van der Waals surface area (Å²) in [5, 5.41) is 0. The van der Waals surface area contributed by atoms with E-state index in [9.17, 15) is 13.2 Å². The molecule has 1 aliphatic heterocycles. The lowest BCUT2D eigenvalue weighted by atomic mass is 10.2. The average molecular weight is 414 g/mol. The number of benzene rings is 1. The fourth-order valence-corrected chi connectivity index (χ4v) is 5.15. The lowest BCUT2D eigenvalue weighted by Crippen LogP contribution is -2.30. The Hall–Kier alpha value is -2.84. The van der Waals surface area contributed by atoms with Gasteiger partial charge in [0.25, 0.3) is 5.91 Å². The number of carbonyl (C=O) groups is 1. The molecule has 3 heterocycles. The highest BCUT2D eigenvalue weighted by Gasteiger charge is 2.33. The van der Waals surface area contributed by atoms with Gasteiger partial charge in [-0.2, -0.15) is 4.31 Å². The van der Waals surface area contributed by atoms with Gasteiger partial charge < -0.3 is 8.83 Å². The number of para-hydroxylation sites is 1. The third-order valence-electron chi connectivity index (χ3n) is 4.97. The Morgan fingerprint density at radius 1 is 1.10 bits per heavy atom. The largest absolute Gasteiger partial charge is 0.467 e. The zero-order valence-corrected chi connectivity index (χ0v) is 16.9. The predicted molar refractivity (Wildman–Crippen MR) is 107 cm³/mol. The molecule has 1 saturated heterocycles. The number of hydrogen-bond donors (Lipinski definition) is 0. The van der Waals surface area contributed by atoms with E-state index in [-0.39, 0.29) is 23.0 Å². The minimum Gasteiger partial charge on any atom is -0.467 e. The number of aryl methyl sites for hydroxylation is 1. The molecule has 0 bridgehead atoms. The summed E-state index contributed by atoms with van der Waals surface area (Å²) in [6.07, 6.45) is 3.22. The molecular weight excluding hydrogens is 392 g/mol. The van der Waals surface area contributed by atoms with Crippen LogP contribution >= 0.6 is 0 Å². The molecule has 0 aliphatic carbocycles. The van der Waals surface area contributed by atoms with Gasteiger partial charge in [0.1, 0.15) is 16.4 Å². The molecule has 0 spiro atoms. The Balaban J connectivity index is 1.68. The quantitative estimate of drug-likeness (QED) is 0.612. The molecule has 29 heavy (non-hydrogen) atoms. The number of anilines is 1. The molecule has 1 aliphatic rings. The van der Waals surface area contributed by atoms with Gasteiger partial charge in [-0.1, -0.05) is 18.2 Å². The lowest BCUT2D eigenvalue weighted by Gasteiger charge is -2.20. The van der Waals surface area contributed by atoms with Crippen LogP contribution in [-0.2, 0) is 16.6 Å². The zero-order chi connectivity index (χ0) is 20.4. The molecule has 7 nitrogen and oxygen atoms in total. The summed E-state index contributed by atoms with van der Waals surface area (Å²) in [4.78, 5) is 14.8. The molecule has 152 valence electrons. The molecule has 2 aromatic heterocycles. The molecule has 0 atom stereocenters. The maximum Gasteiger partial charge on any atom is 0.294 e. The van der Waals surface area contributed by atoms with Gasteiger partial charge in [-0.05, 0) is 44.0 Å². The summed E-state index contributed by atoms with van der Waals surface area (Å²) in [6, 6.07) is 14.0. The summed E-state index contributed by atoms with van der Waals surface area (Å²) < 4.78 is 38.3. The van der Waals surface area contributed by atoms with Crippen LogP contribution in [0.25, 0.3) is 0 Å².